The lowest BCUT2D eigenvalue weighted by Crippen LogP contribution is -2.56. The van der Waals surface area contributed by atoms with Gasteiger partial charge in [-0.3, -0.25) is 9.59 Å². The van der Waals surface area contributed by atoms with Crippen LogP contribution in [0.25, 0.3) is 10.9 Å². The summed E-state index contributed by atoms with van der Waals surface area (Å²) in [4.78, 5) is 32.6. The maximum absolute atomic E-state index is 13.9. The number of rotatable bonds is 15. The zero-order valence-corrected chi connectivity index (χ0v) is 26.1. The minimum atomic E-state index is -1.15. The lowest BCUT2D eigenvalue weighted by atomic mass is 9.77. The first kappa shape index (κ1) is 32.5. The van der Waals surface area contributed by atoms with Crippen LogP contribution < -0.4 is 14.8 Å². The maximum Gasteiger partial charge on any atom is 0.247 e. The summed E-state index contributed by atoms with van der Waals surface area (Å²) in [5.74, 6) is -0.374. The molecule has 3 aromatic rings. The predicted molar refractivity (Wildman–Crippen MR) is 171 cm³/mol. The molecule has 0 spiro atoms. The molecule has 4 atom stereocenters. The van der Waals surface area contributed by atoms with E-state index in [-0.39, 0.29) is 25.7 Å². The van der Waals surface area contributed by atoms with Gasteiger partial charge in [0.05, 0.1) is 32.3 Å². The van der Waals surface area contributed by atoms with E-state index in [4.69, 9.17) is 9.47 Å². The number of aliphatic hydroxyl groups is 3. The molecule has 1 aliphatic carbocycles. The molecule has 5 N–H and O–H groups in total. The Morgan fingerprint density at radius 1 is 1.09 bits per heavy atom. The van der Waals surface area contributed by atoms with Gasteiger partial charge in [-0.25, -0.2) is 0 Å². The number of carbonyl (C=O) groups is 2. The monoisotopic (exact) mass is 619 g/mol. The molecular formula is C35H45N3O7. The number of methoxy groups -OCH3 is 1. The van der Waals surface area contributed by atoms with Crippen LogP contribution in [0.2, 0.25) is 0 Å². The Balaban J connectivity index is 1.49. The van der Waals surface area contributed by atoms with E-state index in [2.05, 4.69) is 23.3 Å². The smallest absolute Gasteiger partial charge is 0.247 e. The molecule has 45 heavy (non-hydrogen) atoms. The molecule has 242 valence electrons. The van der Waals surface area contributed by atoms with Gasteiger partial charge in [-0.2, -0.15) is 0 Å². The Morgan fingerprint density at radius 2 is 1.89 bits per heavy atom. The van der Waals surface area contributed by atoms with Gasteiger partial charge in [-0.15, -0.1) is 0 Å². The number of para-hydroxylation sites is 1. The van der Waals surface area contributed by atoms with Crippen molar-refractivity contribution >= 4 is 22.7 Å². The van der Waals surface area contributed by atoms with E-state index in [1.165, 1.54) is 7.11 Å². The number of aromatic nitrogens is 1. The SMILES string of the molecule is CCCCCCCC(=O)N(CCc1cc2ccccc2[nH]1)[C@@H]1C=C(C(=O)NCCO)[C@@H]2c3cc(CO)cc(OC)c3O[C@@H]2[C@H]1O. The summed E-state index contributed by atoms with van der Waals surface area (Å²) in [5.41, 5.74) is 3.53. The number of hydrogen-bond acceptors (Lipinski definition) is 7. The summed E-state index contributed by atoms with van der Waals surface area (Å²) < 4.78 is 11.9. The third-order valence-electron chi connectivity index (χ3n) is 8.88. The second-order valence-corrected chi connectivity index (χ2v) is 11.9. The van der Waals surface area contributed by atoms with E-state index in [0.717, 1.165) is 48.7 Å². The fraction of sp³-hybridized carbons (Fsp3) is 0.486. The summed E-state index contributed by atoms with van der Waals surface area (Å²) in [6.45, 7) is 2.05. The number of nitrogens with one attached hydrogen (secondary N) is 2. The first-order valence-corrected chi connectivity index (χ1v) is 16.0. The highest BCUT2D eigenvalue weighted by Crippen LogP contribution is 2.51. The van der Waals surface area contributed by atoms with Crippen molar-refractivity contribution in [3.63, 3.8) is 0 Å². The third-order valence-corrected chi connectivity index (χ3v) is 8.88. The van der Waals surface area contributed by atoms with Gasteiger partial charge in [0, 0.05) is 48.3 Å². The zero-order valence-electron chi connectivity index (χ0n) is 26.1. The van der Waals surface area contributed by atoms with Crippen LogP contribution in [-0.4, -0.2) is 82.1 Å². The first-order chi connectivity index (χ1) is 21.9. The number of carbonyl (C=O) groups excluding carboxylic acids is 2. The van der Waals surface area contributed by atoms with Crippen LogP contribution in [0.4, 0.5) is 0 Å². The van der Waals surface area contributed by atoms with Gasteiger partial charge in [0.15, 0.2) is 11.5 Å². The highest BCUT2D eigenvalue weighted by atomic mass is 16.5. The van der Waals surface area contributed by atoms with Crippen LogP contribution in [0, 0.1) is 0 Å². The fourth-order valence-corrected chi connectivity index (χ4v) is 6.59. The minimum absolute atomic E-state index is 0.0509. The third kappa shape index (κ3) is 7.03. The summed E-state index contributed by atoms with van der Waals surface area (Å²) in [6.07, 6.45) is 5.52. The lowest BCUT2D eigenvalue weighted by Gasteiger charge is -2.40. The summed E-state index contributed by atoms with van der Waals surface area (Å²) in [6, 6.07) is 12.7. The minimum Gasteiger partial charge on any atom is -0.493 e. The molecule has 1 aliphatic heterocycles. The number of unbranched alkanes of at least 4 members (excludes halogenated alkanes) is 4. The van der Waals surface area contributed by atoms with Gasteiger partial charge in [0.1, 0.15) is 12.2 Å². The Kier molecular flexibility index (Phi) is 10.8. The number of aliphatic hydroxyl groups excluding tert-OH is 3. The molecule has 5 rings (SSSR count). The van der Waals surface area contributed by atoms with Crippen molar-refractivity contribution in [2.24, 2.45) is 0 Å². The predicted octanol–water partition coefficient (Wildman–Crippen LogP) is 3.72. The van der Waals surface area contributed by atoms with Gasteiger partial charge in [0.2, 0.25) is 11.8 Å². The molecule has 2 heterocycles. The highest BCUT2D eigenvalue weighted by Gasteiger charge is 2.51. The van der Waals surface area contributed by atoms with Crippen LogP contribution in [0.5, 0.6) is 11.5 Å². The van der Waals surface area contributed by atoms with Crippen molar-refractivity contribution in [1.82, 2.24) is 15.2 Å². The molecule has 0 radical (unpaired) electrons. The van der Waals surface area contributed by atoms with Crippen LogP contribution >= 0.6 is 0 Å². The van der Waals surface area contributed by atoms with Gasteiger partial charge in [-0.05, 0) is 47.7 Å². The molecule has 0 fully saturated rings. The average Bonchev–Trinajstić information content (AvgIpc) is 3.66. The largest absolute Gasteiger partial charge is 0.493 e. The van der Waals surface area contributed by atoms with E-state index >= 15 is 0 Å². The van der Waals surface area contributed by atoms with Crippen molar-refractivity contribution in [3.05, 3.63) is 70.9 Å². The highest BCUT2D eigenvalue weighted by molar-refractivity contribution is 5.96. The fourth-order valence-electron chi connectivity index (χ4n) is 6.59. The molecule has 0 saturated carbocycles. The van der Waals surface area contributed by atoms with Gasteiger partial charge in [0.25, 0.3) is 0 Å². The molecular weight excluding hydrogens is 574 g/mol. The molecule has 2 aliphatic rings. The molecule has 10 nitrogen and oxygen atoms in total. The number of ether oxygens (including phenoxy) is 2. The van der Waals surface area contributed by atoms with E-state index in [1.54, 1.807) is 23.1 Å². The Bertz CT molecular complexity index is 1480. The average molecular weight is 620 g/mol. The quantitative estimate of drug-likeness (QED) is 0.163. The topological polar surface area (TPSA) is 144 Å². The van der Waals surface area contributed by atoms with E-state index in [9.17, 15) is 24.9 Å². The zero-order chi connectivity index (χ0) is 31.9. The molecule has 1 aromatic heterocycles. The Labute approximate surface area is 264 Å². The number of aromatic amines is 1. The second-order valence-electron chi connectivity index (χ2n) is 11.9. The summed E-state index contributed by atoms with van der Waals surface area (Å²) in [7, 11) is 1.50. The number of fused-ring (bicyclic) bond motifs is 4. The Hall–Kier alpha value is -3.86. The van der Waals surface area contributed by atoms with Gasteiger partial charge >= 0.3 is 0 Å². The molecule has 0 bridgehead atoms. The molecule has 0 unspecified atom stereocenters. The van der Waals surface area contributed by atoms with Crippen molar-refractivity contribution in [2.75, 3.05) is 26.8 Å². The van der Waals surface area contributed by atoms with Crippen molar-refractivity contribution in [3.8, 4) is 11.5 Å². The van der Waals surface area contributed by atoms with Crippen molar-refractivity contribution in [1.29, 1.82) is 0 Å². The standard InChI is InChI=1S/C35H45N3O7/c1-3-4-5-6-7-12-30(41)38(15-13-24-19-23-10-8-9-11-27(23)37-24)28-20-26(35(43)36-14-16-39)31-25-17-22(21-40)18-29(44-2)33(25)45-34(31)32(28)42/h8-11,17-20,28,31-32,34,37,39-40,42H,3-7,12-16,21H2,1-2H3,(H,36,43)/t28-,31+,32+,34+/m1/s1. The summed E-state index contributed by atoms with van der Waals surface area (Å²) in [5, 5.41) is 35.1. The van der Waals surface area contributed by atoms with E-state index in [0.29, 0.717) is 47.6 Å². The second kappa shape index (κ2) is 14.9. The van der Waals surface area contributed by atoms with Crippen molar-refractivity contribution < 1.29 is 34.4 Å². The van der Waals surface area contributed by atoms with Crippen LogP contribution in [-0.2, 0) is 22.6 Å². The molecule has 2 amide bonds. The first-order valence-electron chi connectivity index (χ1n) is 16.0. The number of benzene rings is 2. The maximum atomic E-state index is 13.9. The lowest BCUT2D eigenvalue weighted by molar-refractivity contribution is -0.137. The number of nitrogens with zero attached hydrogens (tertiary/aromatic N) is 1. The molecule has 10 heteroatoms. The summed E-state index contributed by atoms with van der Waals surface area (Å²) >= 11 is 0. The van der Waals surface area contributed by atoms with E-state index in [1.807, 2.05) is 24.3 Å². The molecule has 0 saturated heterocycles. The van der Waals surface area contributed by atoms with Gasteiger partial charge < -0.3 is 40.0 Å². The molecule has 2 aromatic carbocycles. The van der Waals surface area contributed by atoms with Crippen LogP contribution in [0.1, 0.15) is 68.2 Å². The van der Waals surface area contributed by atoms with Crippen LogP contribution in [0.3, 0.4) is 0 Å². The van der Waals surface area contributed by atoms with Crippen LogP contribution in [0.15, 0.2) is 54.1 Å². The number of H-pyrrole nitrogens is 1. The van der Waals surface area contributed by atoms with Crippen molar-refractivity contribution in [2.45, 2.75) is 82.6 Å². The number of amides is 2. The normalized spacial score (nSPS) is 20.2. The van der Waals surface area contributed by atoms with Gasteiger partial charge in [-0.1, -0.05) is 50.8 Å². The van der Waals surface area contributed by atoms with E-state index < -0.39 is 30.1 Å². The number of hydrogen-bond donors (Lipinski definition) is 5. The Morgan fingerprint density at radius 3 is 2.62 bits per heavy atom.